The SMILES string of the molecule is CCCCCCCCN1CC2COCCOCCOCCOCCOCC(C1)O2. The average Bonchev–Trinajstić information content (AvgIpc) is 2.73. The molecule has 2 unspecified atom stereocenters. The number of unbranched alkanes of at least 4 members (excludes halogenated alkanes) is 5. The second-order valence-electron chi connectivity index (χ2n) is 7.89. The summed E-state index contributed by atoms with van der Waals surface area (Å²) in [5.74, 6) is 0. The molecule has 29 heavy (non-hydrogen) atoms. The van der Waals surface area contributed by atoms with E-state index in [0.29, 0.717) is 66.1 Å². The molecule has 0 N–H and O–H groups in total. The van der Waals surface area contributed by atoms with Crippen molar-refractivity contribution >= 4 is 0 Å². The highest BCUT2D eigenvalue weighted by atomic mass is 16.6. The lowest BCUT2D eigenvalue weighted by Crippen LogP contribution is -2.51. The van der Waals surface area contributed by atoms with Gasteiger partial charge in [-0.3, -0.25) is 4.90 Å². The number of ether oxygens (including phenoxy) is 6. The molecule has 7 heteroatoms. The van der Waals surface area contributed by atoms with Crippen molar-refractivity contribution in [3.05, 3.63) is 0 Å². The summed E-state index contributed by atoms with van der Waals surface area (Å²) in [6, 6.07) is 0. The molecule has 2 atom stereocenters. The van der Waals surface area contributed by atoms with Crippen molar-refractivity contribution < 1.29 is 28.4 Å². The number of rotatable bonds is 7. The minimum atomic E-state index is 0.0934. The Hall–Kier alpha value is -0.280. The first kappa shape index (κ1) is 25.0. The summed E-state index contributed by atoms with van der Waals surface area (Å²) in [5.41, 5.74) is 0. The summed E-state index contributed by atoms with van der Waals surface area (Å²) in [4.78, 5) is 2.52. The lowest BCUT2D eigenvalue weighted by Gasteiger charge is -2.38. The minimum absolute atomic E-state index is 0.0934. The van der Waals surface area contributed by atoms with E-state index in [1.165, 1.54) is 38.5 Å². The van der Waals surface area contributed by atoms with E-state index in [9.17, 15) is 0 Å². The Kier molecular flexibility index (Phi) is 15.0. The highest BCUT2D eigenvalue weighted by Gasteiger charge is 2.27. The maximum atomic E-state index is 6.23. The minimum Gasteiger partial charge on any atom is -0.377 e. The van der Waals surface area contributed by atoms with Gasteiger partial charge in [0.15, 0.2) is 0 Å². The Bertz CT molecular complexity index is 349. The van der Waals surface area contributed by atoms with Crippen LogP contribution in [-0.2, 0) is 28.4 Å². The van der Waals surface area contributed by atoms with E-state index in [4.69, 9.17) is 28.4 Å². The van der Waals surface area contributed by atoms with E-state index >= 15 is 0 Å². The second kappa shape index (κ2) is 17.4. The summed E-state index contributed by atoms with van der Waals surface area (Å²) in [5, 5.41) is 0. The maximum absolute atomic E-state index is 6.23. The molecule has 0 amide bonds. The van der Waals surface area contributed by atoms with Crippen LogP contribution in [0.5, 0.6) is 0 Å². The molecule has 2 aliphatic rings. The van der Waals surface area contributed by atoms with Crippen molar-refractivity contribution in [2.75, 3.05) is 85.7 Å². The number of morpholine rings is 1. The van der Waals surface area contributed by atoms with Gasteiger partial charge in [0.2, 0.25) is 0 Å². The first-order valence-corrected chi connectivity index (χ1v) is 11.6. The topological polar surface area (TPSA) is 58.6 Å². The Balaban J connectivity index is 1.72. The zero-order valence-corrected chi connectivity index (χ0v) is 18.5. The summed E-state index contributed by atoms with van der Waals surface area (Å²) in [6.07, 6.45) is 8.14. The van der Waals surface area contributed by atoms with Gasteiger partial charge in [0.05, 0.1) is 78.3 Å². The first-order chi connectivity index (χ1) is 14.4. The lowest BCUT2D eigenvalue weighted by molar-refractivity contribution is -0.139. The zero-order valence-electron chi connectivity index (χ0n) is 18.5. The van der Waals surface area contributed by atoms with Crippen LogP contribution in [0, 0.1) is 0 Å². The van der Waals surface area contributed by atoms with Crippen LogP contribution in [-0.4, -0.2) is 103 Å². The average molecular weight is 418 g/mol. The van der Waals surface area contributed by atoms with Gasteiger partial charge in [-0.15, -0.1) is 0 Å². The van der Waals surface area contributed by atoms with Gasteiger partial charge >= 0.3 is 0 Å². The lowest BCUT2D eigenvalue weighted by atomic mass is 10.1. The molecule has 2 fully saturated rings. The predicted molar refractivity (Wildman–Crippen MR) is 113 cm³/mol. The Labute approximate surface area is 177 Å². The molecule has 0 spiro atoms. The summed E-state index contributed by atoms with van der Waals surface area (Å²) in [6.45, 7) is 11.1. The van der Waals surface area contributed by atoms with Crippen molar-refractivity contribution in [2.45, 2.75) is 57.7 Å². The van der Waals surface area contributed by atoms with E-state index in [2.05, 4.69) is 11.8 Å². The highest BCUT2D eigenvalue weighted by molar-refractivity contribution is 4.78. The van der Waals surface area contributed by atoms with Gasteiger partial charge in [-0.05, 0) is 13.0 Å². The monoisotopic (exact) mass is 417 g/mol. The molecule has 0 aromatic rings. The van der Waals surface area contributed by atoms with Crippen LogP contribution in [0.2, 0.25) is 0 Å². The van der Waals surface area contributed by atoms with Crippen LogP contribution < -0.4 is 0 Å². The Morgan fingerprint density at radius 2 is 1.03 bits per heavy atom. The van der Waals surface area contributed by atoms with Crippen LogP contribution in [0.3, 0.4) is 0 Å². The van der Waals surface area contributed by atoms with E-state index in [-0.39, 0.29) is 12.2 Å². The van der Waals surface area contributed by atoms with Crippen LogP contribution in [0.25, 0.3) is 0 Å². The fourth-order valence-corrected chi connectivity index (χ4v) is 3.70. The quantitative estimate of drug-likeness (QED) is 0.590. The molecule has 7 nitrogen and oxygen atoms in total. The predicted octanol–water partition coefficient (Wildman–Crippen LogP) is 2.51. The molecule has 2 heterocycles. The van der Waals surface area contributed by atoms with Gasteiger partial charge in [-0.2, -0.15) is 0 Å². The van der Waals surface area contributed by atoms with E-state index in [0.717, 1.165) is 19.6 Å². The Morgan fingerprint density at radius 1 is 0.586 bits per heavy atom. The molecular weight excluding hydrogens is 374 g/mol. The van der Waals surface area contributed by atoms with E-state index in [1.807, 2.05) is 0 Å². The fourth-order valence-electron chi connectivity index (χ4n) is 3.70. The molecule has 0 saturated carbocycles. The highest BCUT2D eigenvalue weighted by Crippen LogP contribution is 2.14. The largest absolute Gasteiger partial charge is 0.377 e. The third-order valence-electron chi connectivity index (χ3n) is 5.23. The fraction of sp³-hybridized carbons (Fsp3) is 1.00. The third-order valence-corrected chi connectivity index (χ3v) is 5.23. The van der Waals surface area contributed by atoms with Gasteiger partial charge in [0, 0.05) is 13.1 Å². The number of fused-ring (bicyclic) bond motifs is 2. The van der Waals surface area contributed by atoms with Gasteiger partial charge in [-0.25, -0.2) is 0 Å². The molecule has 0 aromatic heterocycles. The summed E-state index contributed by atoms with van der Waals surface area (Å²) in [7, 11) is 0. The van der Waals surface area contributed by atoms with E-state index < -0.39 is 0 Å². The molecular formula is C22H43NO6. The second-order valence-corrected chi connectivity index (χ2v) is 7.89. The van der Waals surface area contributed by atoms with Crippen molar-refractivity contribution in [3.8, 4) is 0 Å². The van der Waals surface area contributed by atoms with Crippen LogP contribution in [0.4, 0.5) is 0 Å². The molecule has 0 radical (unpaired) electrons. The standard InChI is InChI=1S/C22H43NO6/c1-2-3-4-5-6-7-8-23-17-21-19-27-15-13-25-11-9-24-10-12-26-14-16-28-20-22(18-23)29-21/h21-22H,2-20H2,1H3. The van der Waals surface area contributed by atoms with Gasteiger partial charge < -0.3 is 28.4 Å². The first-order valence-electron chi connectivity index (χ1n) is 11.6. The van der Waals surface area contributed by atoms with Gasteiger partial charge in [0.1, 0.15) is 0 Å². The van der Waals surface area contributed by atoms with Crippen molar-refractivity contribution in [2.24, 2.45) is 0 Å². The molecule has 2 rings (SSSR count). The van der Waals surface area contributed by atoms with Gasteiger partial charge in [-0.1, -0.05) is 39.0 Å². The molecule has 2 bridgehead atoms. The normalized spacial score (nSPS) is 27.2. The third kappa shape index (κ3) is 12.9. The number of hydrogen-bond acceptors (Lipinski definition) is 7. The maximum Gasteiger partial charge on any atom is 0.0940 e. The van der Waals surface area contributed by atoms with Crippen LogP contribution >= 0.6 is 0 Å². The summed E-state index contributed by atoms with van der Waals surface area (Å²) < 4.78 is 34.4. The molecule has 0 aromatic carbocycles. The van der Waals surface area contributed by atoms with Crippen molar-refractivity contribution in [3.63, 3.8) is 0 Å². The molecule has 2 aliphatic heterocycles. The number of hydrogen-bond donors (Lipinski definition) is 0. The van der Waals surface area contributed by atoms with Crippen LogP contribution in [0.1, 0.15) is 45.4 Å². The van der Waals surface area contributed by atoms with Crippen molar-refractivity contribution in [1.82, 2.24) is 4.90 Å². The van der Waals surface area contributed by atoms with Crippen LogP contribution in [0.15, 0.2) is 0 Å². The van der Waals surface area contributed by atoms with Crippen molar-refractivity contribution in [1.29, 1.82) is 0 Å². The molecule has 0 aliphatic carbocycles. The summed E-state index contributed by atoms with van der Waals surface area (Å²) >= 11 is 0. The van der Waals surface area contributed by atoms with Gasteiger partial charge in [0.25, 0.3) is 0 Å². The van der Waals surface area contributed by atoms with E-state index in [1.54, 1.807) is 0 Å². The zero-order chi connectivity index (χ0) is 20.4. The Morgan fingerprint density at radius 3 is 1.55 bits per heavy atom. The number of nitrogens with zero attached hydrogens (tertiary/aromatic N) is 1. The molecule has 2 saturated heterocycles. The molecule has 172 valence electrons. The smallest absolute Gasteiger partial charge is 0.0940 e.